The first-order valence-corrected chi connectivity index (χ1v) is 6.86. The molecule has 0 radical (unpaired) electrons. The van der Waals surface area contributed by atoms with Gasteiger partial charge in [0.15, 0.2) is 0 Å². The molecule has 0 spiro atoms. The van der Waals surface area contributed by atoms with Crippen LogP contribution in [0.4, 0.5) is 8.78 Å². The normalized spacial score (nSPS) is 16.6. The minimum atomic E-state index is -0.640. The summed E-state index contributed by atoms with van der Waals surface area (Å²) in [4.78, 5) is 11.8. The topological polar surface area (TPSA) is 38.3 Å². The van der Waals surface area contributed by atoms with Crippen LogP contribution in [0.5, 0.6) is 0 Å². The first-order chi connectivity index (χ1) is 9.58. The van der Waals surface area contributed by atoms with Gasteiger partial charge in [0.1, 0.15) is 17.7 Å². The highest BCUT2D eigenvalue weighted by atomic mass is 19.1. The number of likely N-dealkylation sites (N-methyl/N-ethyl adjacent to an activating group) is 1. The molecule has 3 nitrogen and oxygen atoms in total. The van der Waals surface area contributed by atoms with Gasteiger partial charge in [0.25, 0.3) is 0 Å². The Kier molecular flexibility index (Phi) is 5.06. The van der Waals surface area contributed by atoms with E-state index < -0.39 is 17.7 Å². The van der Waals surface area contributed by atoms with Crippen LogP contribution in [0.2, 0.25) is 0 Å². The first kappa shape index (κ1) is 14.9. The van der Waals surface area contributed by atoms with Gasteiger partial charge in [-0.05, 0) is 30.0 Å². The Labute approximate surface area is 117 Å². The second-order valence-electron chi connectivity index (χ2n) is 5.22. The quantitative estimate of drug-likeness (QED) is 0.872. The Morgan fingerprint density at radius 3 is 2.50 bits per heavy atom. The molecular weight excluding hydrogens is 264 g/mol. The lowest BCUT2D eigenvalue weighted by Crippen LogP contribution is -2.36. The van der Waals surface area contributed by atoms with E-state index in [0.29, 0.717) is 17.9 Å². The van der Waals surface area contributed by atoms with E-state index >= 15 is 0 Å². The third kappa shape index (κ3) is 4.00. The first-order valence-electron chi connectivity index (χ1n) is 6.86. The maximum absolute atomic E-state index is 13.1. The fourth-order valence-corrected chi connectivity index (χ4v) is 2.33. The highest BCUT2D eigenvalue weighted by Crippen LogP contribution is 2.31. The Hall–Kier alpha value is -1.49. The van der Waals surface area contributed by atoms with Gasteiger partial charge in [-0.1, -0.05) is 19.3 Å². The summed E-state index contributed by atoms with van der Waals surface area (Å²) in [5.41, 5.74) is 0.394. The fraction of sp³-hybridized carbons (Fsp3) is 0.533. The zero-order chi connectivity index (χ0) is 14.5. The predicted octanol–water partition coefficient (Wildman–Crippen LogP) is 2.79. The lowest BCUT2D eigenvalue weighted by Gasteiger charge is -2.28. The van der Waals surface area contributed by atoms with Crippen LogP contribution >= 0.6 is 0 Å². The van der Waals surface area contributed by atoms with Crippen molar-refractivity contribution in [1.29, 1.82) is 0 Å². The van der Waals surface area contributed by atoms with E-state index in [2.05, 4.69) is 5.32 Å². The largest absolute Gasteiger partial charge is 0.364 e. The molecule has 0 aromatic heterocycles. The van der Waals surface area contributed by atoms with Gasteiger partial charge in [-0.25, -0.2) is 8.78 Å². The summed E-state index contributed by atoms with van der Waals surface area (Å²) in [5, 5.41) is 2.57. The van der Waals surface area contributed by atoms with Crippen LogP contribution in [0.1, 0.15) is 31.2 Å². The number of hydrogen-bond acceptors (Lipinski definition) is 2. The number of carbonyl (C=O) groups is 1. The maximum atomic E-state index is 13.1. The van der Waals surface area contributed by atoms with Crippen molar-refractivity contribution in [3.63, 3.8) is 0 Å². The van der Waals surface area contributed by atoms with Gasteiger partial charge in [-0.3, -0.25) is 4.79 Å². The molecule has 2 rings (SSSR count). The van der Waals surface area contributed by atoms with E-state index in [-0.39, 0.29) is 12.5 Å². The molecular formula is C15H19F2NO2. The van der Waals surface area contributed by atoms with Crippen molar-refractivity contribution in [2.75, 3.05) is 7.05 Å². The lowest BCUT2D eigenvalue weighted by atomic mass is 9.81. The van der Waals surface area contributed by atoms with E-state index in [0.717, 1.165) is 18.9 Å². The van der Waals surface area contributed by atoms with Crippen LogP contribution in [0.3, 0.4) is 0 Å². The molecule has 1 aromatic carbocycles. The third-order valence-electron chi connectivity index (χ3n) is 3.68. The van der Waals surface area contributed by atoms with E-state index in [9.17, 15) is 13.6 Å². The molecule has 1 aromatic rings. The Morgan fingerprint density at radius 2 is 2.00 bits per heavy atom. The third-order valence-corrected chi connectivity index (χ3v) is 3.68. The Balaban J connectivity index is 1.94. The average molecular weight is 283 g/mol. The van der Waals surface area contributed by atoms with Crippen molar-refractivity contribution >= 4 is 5.91 Å². The van der Waals surface area contributed by atoms with Gasteiger partial charge in [0, 0.05) is 13.1 Å². The molecule has 20 heavy (non-hydrogen) atoms. The number of halogens is 2. The molecule has 1 amide bonds. The van der Waals surface area contributed by atoms with E-state index in [4.69, 9.17) is 4.74 Å². The molecule has 1 aliphatic carbocycles. The smallest absolute Gasteiger partial charge is 0.248 e. The van der Waals surface area contributed by atoms with Crippen molar-refractivity contribution in [1.82, 2.24) is 5.32 Å². The number of rotatable bonds is 6. The number of carbonyl (C=O) groups excluding carboxylic acids is 1. The van der Waals surface area contributed by atoms with E-state index in [1.165, 1.54) is 18.6 Å². The molecule has 1 N–H and O–H groups in total. The van der Waals surface area contributed by atoms with Crippen LogP contribution in [0.15, 0.2) is 18.2 Å². The van der Waals surface area contributed by atoms with Crippen LogP contribution in [-0.2, 0) is 16.1 Å². The van der Waals surface area contributed by atoms with Crippen LogP contribution in [-0.4, -0.2) is 19.1 Å². The number of hydrogen-bond donors (Lipinski definition) is 1. The van der Waals surface area contributed by atoms with Gasteiger partial charge in [0.2, 0.25) is 5.91 Å². The second kappa shape index (κ2) is 6.79. The highest BCUT2D eigenvalue weighted by Gasteiger charge is 2.26. The zero-order valence-electron chi connectivity index (χ0n) is 11.5. The van der Waals surface area contributed by atoms with Crippen molar-refractivity contribution in [2.45, 2.75) is 38.4 Å². The Bertz CT molecular complexity index is 455. The number of amides is 1. The molecule has 0 bridgehead atoms. The summed E-state index contributed by atoms with van der Waals surface area (Å²) in [7, 11) is 1.56. The van der Waals surface area contributed by atoms with Crippen LogP contribution in [0.25, 0.3) is 0 Å². The SMILES string of the molecule is CNC(=O)C(CC1CCC1)OCc1cc(F)cc(F)c1. The van der Waals surface area contributed by atoms with Gasteiger partial charge in [0.05, 0.1) is 6.61 Å². The second-order valence-corrected chi connectivity index (χ2v) is 5.22. The molecule has 110 valence electrons. The maximum Gasteiger partial charge on any atom is 0.248 e. The number of nitrogens with one attached hydrogen (secondary N) is 1. The fourth-order valence-electron chi connectivity index (χ4n) is 2.33. The molecule has 1 atom stereocenters. The van der Waals surface area contributed by atoms with Gasteiger partial charge < -0.3 is 10.1 Å². The molecule has 5 heteroatoms. The van der Waals surface area contributed by atoms with Gasteiger partial charge in [-0.15, -0.1) is 0 Å². The summed E-state index contributed by atoms with van der Waals surface area (Å²) >= 11 is 0. The zero-order valence-corrected chi connectivity index (χ0v) is 11.5. The van der Waals surface area contributed by atoms with Crippen molar-refractivity contribution in [3.05, 3.63) is 35.4 Å². The van der Waals surface area contributed by atoms with E-state index in [1.54, 1.807) is 7.05 Å². The summed E-state index contributed by atoms with van der Waals surface area (Å²) < 4.78 is 31.7. The monoisotopic (exact) mass is 283 g/mol. The lowest BCUT2D eigenvalue weighted by molar-refractivity contribution is -0.134. The molecule has 0 saturated heterocycles. The molecule has 1 aliphatic rings. The predicted molar refractivity (Wildman–Crippen MR) is 71.0 cm³/mol. The van der Waals surface area contributed by atoms with Gasteiger partial charge >= 0.3 is 0 Å². The van der Waals surface area contributed by atoms with Crippen molar-refractivity contribution in [3.8, 4) is 0 Å². The summed E-state index contributed by atoms with van der Waals surface area (Å²) in [6.45, 7) is 0.0273. The minimum absolute atomic E-state index is 0.0273. The highest BCUT2D eigenvalue weighted by molar-refractivity contribution is 5.80. The van der Waals surface area contributed by atoms with Gasteiger partial charge in [-0.2, -0.15) is 0 Å². The van der Waals surface area contributed by atoms with Crippen molar-refractivity contribution < 1.29 is 18.3 Å². The number of benzene rings is 1. The average Bonchev–Trinajstić information content (AvgIpc) is 2.34. The molecule has 1 saturated carbocycles. The summed E-state index contributed by atoms with van der Waals surface area (Å²) in [6, 6.07) is 3.24. The molecule has 0 aliphatic heterocycles. The minimum Gasteiger partial charge on any atom is -0.364 e. The Morgan fingerprint density at radius 1 is 1.35 bits per heavy atom. The van der Waals surface area contributed by atoms with Crippen molar-refractivity contribution in [2.24, 2.45) is 5.92 Å². The number of ether oxygens (including phenoxy) is 1. The van der Waals surface area contributed by atoms with Crippen LogP contribution in [0, 0.1) is 17.6 Å². The van der Waals surface area contributed by atoms with E-state index in [1.807, 2.05) is 0 Å². The standard InChI is InChI=1S/C15H19F2NO2/c1-18-15(19)14(7-10-3-2-4-10)20-9-11-5-12(16)8-13(17)6-11/h5-6,8,10,14H,2-4,7,9H2,1H3,(H,18,19). The summed E-state index contributed by atoms with van der Waals surface area (Å²) in [5.74, 6) is -0.950. The molecule has 0 heterocycles. The van der Waals surface area contributed by atoms with Crippen LogP contribution < -0.4 is 5.32 Å². The summed E-state index contributed by atoms with van der Waals surface area (Å²) in [6.07, 6.45) is 3.53. The molecule has 1 unspecified atom stereocenters. The molecule has 1 fully saturated rings.